The smallest absolute Gasteiger partial charge is 0.131 e. The zero-order valence-electron chi connectivity index (χ0n) is 8.98. The van der Waals surface area contributed by atoms with Crippen LogP contribution in [-0.2, 0) is 12.0 Å². The summed E-state index contributed by atoms with van der Waals surface area (Å²) in [5.74, 6) is 0. The molecule has 1 heterocycles. The summed E-state index contributed by atoms with van der Waals surface area (Å²) in [5, 5.41) is 4.43. The van der Waals surface area contributed by atoms with Crippen LogP contribution in [0.3, 0.4) is 0 Å². The van der Waals surface area contributed by atoms with E-state index in [-0.39, 0.29) is 5.41 Å². The summed E-state index contributed by atoms with van der Waals surface area (Å²) in [6, 6.07) is 0. The van der Waals surface area contributed by atoms with Gasteiger partial charge in [0, 0.05) is 23.2 Å². The van der Waals surface area contributed by atoms with Crippen molar-refractivity contribution in [2.75, 3.05) is 0 Å². The molecule has 0 aromatic carbocycles. The third kappa shape index (κ3) is 1.96. The van der Waals surface area contributed by atoms with Gasteiger partial charge < -0.3 is 0 Å². The predicted octanol–water partition coefficient (Wildman–Crippen LogP) is 3.27. The van der Waals surface area contributed by atoms with E-state index in [1.807, 2.05) is 0 Å². The minimum Gasteiger partial charge on any atom is -0.268 e. The van der Waals surface area contributed by atoms with Gasteiger partial charge in [0.25, 0.3) is 0 Å². The van der Waals surface area contributed by atoms with E-state index in [0.29, 0.717) is 0 Å². The summed E-state index contributed by atoms with van der Waals surface area (Å²) in [7, 11) is 0. The van der Waals surface area contributed by atoms with Crippen LogP contribution in [0.2, 0.25) is 0 Å². The summed E-state index contributed by atoms with van der Waals surface area (Å²) >= 11 is 3.47. The summed E-state index contributed by atoms with van der Waals surface area (Å²) in [6.45, 7) is 11.8. The molecule has 1 aromatic rings. The molecule has 1 aromatic heterocycles. The molecule has 0 amide bonds. The van der Waals surface area contributed by atoms with Gasteiger partial charge in [0.15, 0.2) is 0 Å². The largest absolute Gasteiger partial charge is 0.268 e. The van der Waals surface area contributed by atoms with Crippen LogP contribution in [0.25, 0.3) is 0 Å². The number of nitrogens with zero attached hydrogens (tertiary/aromatic N) is 2. The molecule has 0 bridgehead atoms. The van der Waals surface area contributed by atoms with Crippen LogP contribution in [0.5, 0.6) is 0 Å². The monoisotopic (exact) mass is 244 g/mol. The first kappa shape index (κ1) is 10.8. The quantitative estimate of drug-likeness (QED) is 0.742. The van der Waals surface area contributed by atoms with Gasteiger partial charge in [0.1, 0.15) is 4.60 Å². The van der Waals surface area contributed by atoms with Gasteiger partial charge in [-0.2, -0.15) is 5.10 Å². The molecule has 2 nitrogen and oxygen atoms in total. The molecule has 0 radical (unpaired) electrons. The van der Waals surface area contributed by atoms with Crippen molar-refractivity contribution in [2.45, 2.75) is 46.6 Å². The Balaban J connectivity index is 3.33. The molecule has 3 heteroatoms. The molecule has 74 valence electrons. The molecule has 0 saturated carbocycles. The second-order valence-corrected chi connectivity index (χ2v) is 5.08. The van der Waals surface area contributed by atoms with Crippen LogP contribution in [0.15, 0.2) is 4.60 Å². The van der Waals surface area contributed by atoms with Gasteiger partial charge >= 0.3 is 0 Å². The van der Waals surface area contributed by atoms with E-state index in [2.05, 4.69) is 60.3 Å². The van der Waals surface area contributed by atoms with E-state index in [1.54, 1.807) is 0 Å². The van der Waals surface area contributed by atoms with Gasteiger partial charge in [-0.05, 0) is 29.8 Å². The molecule has 0 unspecified atom stereocenters. The first-order valence-corrected chi connectivity index (χ1v) is 5.40. The lowest BCUT2D eigenvalue weighted by molar-refractivity contribution is 0.495. The molecular formula is C10H17BrN2. The highest BCUT2D eigenvalue weighted by Gasteiger charge is 2.23. The van der Waals surface area contributed by atoms with Gasteiger partial charge in [-0.1, -0.05) is 20.8 Å². The molecule has 0 N–H and O–H groups in total. The molecule has 0 aliphatic heterocycles. The Bertz CT molecular complexity index is 307. The number of aryl methyl sites for hydroxylation is 1. The lowest BCUT2D eigenvalue weighted by Crippen LogP contribution is -2.19. The minimum absolute atomic E-state index is 0.166. The maximum atomic E-state index is 4.43. The molecule has 0 aliphatic carbocycles. The Hall–Kier alpha value is -0.310. The van der Waals surface area contributed by atoms with Gasteiger partial charge in [-0.15, -0.1) is 0 Å². The number of rotatable bonds is 1. The van der Waals surface area contributed by atoms with Gasteiger partial charge in [-0.25, -0.2) is 0 Å². The fourth-order valence-electron chi connectivity index (χ4n) is 1.70. The Morgan fingerprint density at radius 2 is 1.92 bits per heavy atom. The minimum atomic E-state index is 0.166. The van der Waals surface area contributed by atoms with Crippen LogP contribution in [0.1, 0.15) is 39.0 Å². The molecule has 0 atom stereocenters. The zero-order valence-corrected chi connectivity index (χ0v) is 10.6. The summed E-state index contributed by atoms with van der Waals surface area (Å²) in [4.78, 5) is 0. The second-order valence-electron chi connectivity index (χ2n) is 4.33. The van der Waals surface area contributed by atoms with Crippen LogP contribution >= 0.6 is 15.9 Å². The van der Waals surface area contributed by atoms with Crippen molar-refractivity contribution in [3.8, 4) is 0 Å². The van der Waals surface area contributed by atoms with Gasteiger partial charge in [-0.3, -0.25) is 4.68 Å². The summed E-state index contributed by atoms with van der Waals surface area (Å²) < 4.78 is 3.04. The average Bonchev–Trinajstić information content (AvgIpc) is 2.26. The van der Waals surface area contributed by atoms with Crippen molar-refractivity contribution in [2.24, 2.45) is 0 Å². The zero-order chi connectivity index (χ0) is 10.2. The first-order valence-electron chi connectivity index (χ1n) is 4.61. The second kappa shape index (κ2) is 3.45. The van der Waals surface area contributed by atoms with E-state index in [9.17, 15) is 0 Å². The highest BCUT2D eigenvalue weighted by atomic mass is 79.9. The number of hydrogen-bond acceptors (Lipinski definition) is 1. The molecule has 0 fully saturated rings. The lowest BCUT2D eigenvalue weighted by Gasteiger charge is -2.21. The molecule has 0 saturated heterocycles. The molecule has 0 aliphatic rings. The summed E-state index contributed by atoms with van der Waals surface area (Å²) in [6.07, 6.45) is 0. The normalized spacial score (nSPS) is 12.2. The topological polar surface area (TPSA) is 17.8 Å². The van der Waals surface area contributed by atoms with Gasteiger partial charge in [0.05, 0.1) is 0 Å². The molecular weight excluding hydrogens is 228 g/mol. The third-order valence-corrected chi connectivity index (χ3v) is 2.89. The number of halogens is 1. The Kier molecular flexibility index (Phi) is 2.85. The maximum Gasteiger partial charge on any atom is 0.131 e. The van der Waals surface area contributed by atoms with E-state index in [4.69, 9.17) is 0 Å². The molecule has 13 heavy (non-hydrogen) atoms. The van der Waals surface area contributed by atoms with E-state index < -0.39 is 0 Å². The first-order chi connectivity index (χ1) is 5.88. The van der Waals surface area contributed by atoms with E-state index in [0.717, 1.165) is 11.1 Å². The lowest BCUT2D eigenvalue weighted by atomic mass is 9.89. The fourth-order valence-corrected chi connectivity index (χ4v) is 2.08. The van der Waals surface area contributed by atoms with Crippen molar-refractivity contribution in [1.82, 2.24) is 9.78 Å². The van der Waals surface area contributed by atoms with Gasteiger partial charge in [0.2, 0.25) is 0 Å². The van der Waals surface area contributed by atoms with E-state index >= 15 is 0 Å². The Morgan fingerprint density at radius 1 is 1.38 bits per heavy atom. The SMILES string of the molecule is CCn1nc(Br)c(C)c1C(C)(C)C. The van der Waals surface area contributed by atoms with Crippen molar-refractivity contribution in [3.63, 3.8) is 0 Å². The Labute approximate surface area is 88.5 Å². The molecule has 0 spiro atoms. The summed E-state index contributed by atoms with van der Waals surface area (Å²) in [5.41, 5.74) is 2.75. The van der Waals surface area contributed by atoms with Crippen LogP contribution < -0.4 is 0 Å². The number of aromatic nitrogens is 2. The van der Waals surface area contributed by atoms with E-state index in [1.165, 1.54) is 11.3 Å². The van der Waals surface area contributed by atoms with Crippen molar-refractivity contribution in [1.29, 1.82) is 0 Å². The number of hydrogen-bond donors (Lipinski definition) is 0. The Morgan fingerprint density at radius 3 is 2.23 bits per heavy atom. The van der Waals surface area contributed by atoms with Crippen LogP contribution in [0.4, 0.5) is 0 Å². The third-order valence-electron chi connectivity index (χ3n) is 2.14. The standard InChI is InChI=1S/C10H17BrN2/c1-6-13-8(10(3,4)5)7(2)9(11)12-13/h6H2,1-5H3. The fraction of sp³-hybridized carbons (Fsp3) is 0.700. The van der Waals surface area contributed by atoms with Crippen LogP contribution in [0, 0.1) is 6.92 Å². The van der Waals surface area contributed by atoms with Crippen molar-refractivity contribution in [3.05, 3.63) is 15.9 Å². The highest BCUT2D eigenvalue weighted by Crippen LogP contribution is 2.29. The molecule has 1 rings (SSSR count). The average molecular weight is 245 g/mol. The predicted molar refractivity (Wildman–Crippen MR) is 59.0 cm³/mol. The maximum absolute atomic E-state index is 4.43. The van der Waals surface area contributed by atoms with Crippen LogP contribution in [-0.4, -0.2) is 9.78 Å². The highest BCUT2D eigenvalue weighted by molar-refractivity contribution is 9.10. The van der Waals surface area contributed by atoms with Crippen molar-refractivity contribution >= 4 is 15.9 Å². The van der Waals surface area contributed by atoms with Crippen molar-refractivity contribution < 1.29 is 0 Å².